The largest absolute Gasteiger partial charge is 0.497 e. The minimum absolute atomic E-state index is 0.0687. The molecule has 1 saturated heterocycles. The van der Waals surface area contributed by atoms with Gasteiger partial charge in [-0.25, -0.2) is 4.39 Å². The van der Waals surface area contributed by atoms with Crippen LogP contribution >= 0.6 is 0 Å². The van der Waals surface area contributed by atoms with Crippen LogP contribution in [0.2, 0.25) is 0 Å². The third-order valence-electron chi connectivity index (χ3n) is 7.80. The van der Waals surface area contributed by atoms with Gasteiger partial charge in [0.25, 0.3) is 0 Å². The van der Waals surface area contributed by atoms with Gasteiger partial charge in [0.15, 0.2) is 5.43 Å². The number of benzene rings is 3. The van der Waals surface area contributed by atoms with Crippen molar-refractivity contribution in [1.82, 2.24) is 9.80 Å². The lowest BCUT2D eigenvalue weighted by Crippen LogP contribution is -2.43. The van der Waals surface area contributed by atoms with Gasteiger partial charge in [-0.05, 0) is 99.9 Å². The third-order valence-corrected chi connectivity index (χ3v) is 7.80. The SMILES string of the molecule is COc1ccc(-c2coc3cc(OCCCCN(C)C4CCN(Cc5cccc(F)c5)CC4)ccc3c2=O)cc1. The zero-order valence-corrected chi connectivity index (χ0v) is 23.3. The van der Waals surface area contributed by atoms with Crippen LogP contribution in [0.3, 0.4) is 0 Å². The molecule has 40 heavy (non-hydrogen) atoms. The van der Waals surface area contributed by atoms with Gasteiger partial charge in [0, 0.05) is 18.7 Å². The molecule has 1 aliphatic rings. The maximum absolute atomic E-state index is 13.5. The number of ether oxygens (including phenoxy) is 2. The number of methoxy groups -OCH3 is 1. The first-order valence-corrected chi connectivity index (χ1v) is 14.0. The predicted octanol–water partition coefficient (Wildman–Crippen LogP) is 6.36. The van der Waals surface area contributed by atoms with Gasteiger partial charge in [0.2, 0.25) is 0 Å². The number of fused-ring (bicyclic) bond motifs is 1. The van der Waals surface area contributed by atoms with Crippen LogP contribution in [0, 0.1) is 5.82 Å². The summed E-state index contributed by atoms with van der Waals surface area (Å²) in [6.07, 6.45) is 5.77. The maximum atomic E-state index is 13.5. The summed E-state index contributed by atoms with van der Waals surface area (Å²) < 4.78 is 30.5. The average Bonchev–Trinajstić information content (AvgIpc) is 2.97. The molecule has 3 aromatic carbocycles. The summed E-state index contributed by atoms with van der Waals surface area (Å²) in [4.78, 5) is 17.9. The van der Waals surface area contributed by atoms with Crippen LogP contribution in [-0.2, 0) is 6.54 Å². The highest BCUT2D eigenvalue weighted by molar-refractivity contribution is 5.82. The molecule has 1 aromatic heterocycles. The second-order valence-corrected chi connectivity index (χ2v) is 10.5. The van der Waals surface area contributed by atoms with Crippen LogP contribution in [0.5, 0.6) is 11.5 Å². The van der Waals surface area contributed by atoms with Crippen LogP contribution < -0.4 is 14.9 Å². The summed E-state index contributed by atoms with van der Waals surface area (Å²) in [5.74, 6) is 1.27. The van der Waals surface area contributed by atoms with Crippen LogP contribution in [0.25, 0.3) is 22.1 Å². The van der Waals surface area contributed by atoms with E-state index in [9.17, 15) is 9.18 Å². The lowest BCUT2D eigenvalue weighted by atomic mass is 10.0. The van der Waals surface area contributed by atoms with Gasteiger partial charge >= 0.3 is 0 Å². The highest BCUT2D eigenvalue weighted by Crippen LogP contribution is 2.25. The monoisotopic (exact) mass is 544 g/mol. The Morgan fingerprint density at radius 3 is 2.52 bits per heavy atom. The zero-order chi connectivity index (χ0) is 27.9. The number of unbranched alkanes of at least 4 members (excludes halogenated alkanes) is 1. The average molecular weight is 545 g/mol. The van der Waals surface area contributed by atoms with Gasteiger partial charge in [-0.2, -0.15) is 0 Å². The Morgan fingerprint density at radius 1 is 1.00 bits per heavy atom. The molecule has 0 atom stereocenters. The Kier molecular flexibility index (Phi) is 9.14. The van der Waals surface area contributed by atoms with E-state index >= 15 is 0 Å². The number of hydrogen-bond acceptors (Lipinski definition) is 6. The Balaban J connectivity index is 1.05. The van der Waals surface area contributed by atoms with E-state index in [0.717, 1.165) is 68.7 Å². The van der Waals surface area contributed by atoms with E-state index in [2.05, 4.69) is 16.8 Å². The minimum Gasteiger partial charge on any atom is -0.497 e. The first kappa shape index (κ1) is 27.9. The van der Waals surface area contributed by atoms with Gasteiger partial charge < -0.3 is 18.8 Å². The Labute approximate surface area is 234 Å². The molecule has 0 radical (unpaired) electrons. The first-order chi connectivity index (χ1) is 19.5. The van der Waals surface area contributed by atoms with Crippen molar-refractivity contribution >= 4 is 11.0 Å². The fraction of sp³-hybridized carbons (Fsp3) is 0.364. The third kappa shape index (κ3) is 6.90. The quantitative estimate of drug-likeness (QED) is 0.205. The molecule has 0 bridgehead atoms. The molecule has 210 valence electrons. The van der Waals surface area contributed by atoms with Crippen molar-refractivity contribution in [2.45, 2.75) is 38.3 Å². The number of likely N-dealkylation sites (tertiary alicyclic amines) is 1. The van der Waals surface area contributed by atoms with Crippen molar-refractivity contribution in [3.05, 3.63) is 94.6 Å². The minimum atomic E-state index is -0.164. The molecular weight excluding hydrogens is 507 g/mol. The first-order valence-electron chi connectivity index (χ1n) is 14.0. The molecule has 7 heteroatoms. The smallest absolute Gasteiger partial charge is 0.200 e. The summed E-state index contributed by atoms with van der Waals surface area (Å²) in [5, 5.41) is 0.532. The molecule has 5 rings (SSSR count). The predicted molar refractivity (Wildman–Crippen MR) is 157 cm³/mol. The van der Waals surface area contributed by atoms with Gasteiger partial charge in [0.05, 0.1) is 24.7 Å². The van der Waals surface area contributed by atoms with E-state index in [1.54, 1.807) is 31.4 Å². The van der Waals surface area contributed by atoms with Crippen LogP contribution in [-0.4, -0.2) is 56.2 Å². The van der Waals surface area contributed by atoms with E-state index in [-0.39, 0.29) is 11.2 Å². The van der Waals surface area contributed by atoms with Crippen molar-refractivity contribution in [2.24, 2.45) is 0 Å². The summed E-state index contributed by atoms with van der Waals surface area (Å²) in [6.45, 7) is 4.52. The molecule has 6 nitrogen and oxygen atoms in total. The van der Waals surface area contributed by atoms with Crippen molar-refractivity contribution in [2.75, 3.05) is 40.4 Å². The highest BCUT2D eigenvalue weighted by atomic mass is 19.1. The standard InChI is InChI=1S/C33H37FN2O4/c1-35(27-14-17-36(18-15-27)22-24-6-5-7-26(34)20-24)16-3-4-19-39-29-12-13-30-32(21-29)40-23-31(33(30)37)25-8-10-28(38-2)11-9-25/h5-13,20-21,23,27H,3-4,14-19,22H2,1-2H3. The summed E-state index contributed by atoms with van der Waals surface area (Å²) in [7, 11) is 3.82. The zero-order valence-electron chi connectivity index (χ0n) is 23.3. The highest BCUT2D eigenvalue weighted by Gasteiger charge is 2.22. The lowest BCUT2D eigenvalue weighted by Gasteiger charge is -2.36. The molecule has 0 aliphatic carbocycles. The second-order valence-electron chi connectivity index (χ2n) is 10.5. The normalized spacial score (nSPS) is 14.6. The topological polar surface area (TPSA) is 55.2 Å². The Morgan fingerprint density at radius 2 is 1.77 bits per heavy atom. The lowest BCUT2D eigenvalue weighted by molar-refractivity contribution is 0.121. The van der Waals surface area contributed by atoms with Gasteiger partial charge in [-0.1, -0.05) is 24.3 Å². The van der Waals surface area contributed by atoms with Crippen molar-refractivity contribution < 1.29 is 18.3 Å². The number of halogens is 1. The molecule has 4 aromatic rings. The molecular formula is C33H37FN2O4. The number of piperidine rings is 1. The maximum Gasteiger partial charge on any atom is 0.200 e. The molecule has 1 aliphatic heterocycles. The molecule has 0 amide bonds. The summed E-state index contributed by atoms with van der Waals surface area (Å²) >= 11 is 0. The van der Waals surface area contributed by atoms with Crippen LogP contribution in [0.15, 0.2) is 82.2 Å². The van der Waals surface area contributed by atoms with Gasteiger partial charge in [-0.3, -0.25) is 9.69 Å². The summed E-state index contributed by atoms with van der Waals surface area (Å²) in [6, 6.07) is 20.2. The number of rotatable bonds is 11. The van der Waals surface area contributed by atoms with E-state index in [0.29, 0.717) is 34.9 Å². The Bertz CT molecular complexity index is 1460. The van der Waals surface area contributed by atoms with Crippen molar-refractivity contribution in [3.8, 4) is 22.6 Å². The van der Waals surface area contributed by atoms with E-state index in [1.807, 2.05) is 36.4 Å². The van der Waals surface area contributed by atoms with Crippen LogP contribution in [0.1, 0.15) is 31.2 Å². The molecule has 1 fully saturated rings. The molecule has 0 N–H and O–H groups in total. The van der Waals surface area contributed by atoms with E-state index in [1.165, 1.54) is 12.3 Å². The molecule has 0 spiro atoms. The fourth-order valence-electron chi connectivity index (χ4n) is 5.42. The van der Waals surface area contributed by atoms with E-state index in [4.69, 9.17) is 13.9 Å². The molecule has 0 unspecified atom stereocenters. The summed E-state index contributed by atoms with van der Waals surface area (Å²) in [5.41, 5.74) is 2.80. The van der Waals surface area contributed by atoms with Crippen LogP contribution in [0.4, 0.5) is 4.39 Å². The fourth-order valence-corrected chi connectivity index (χ4v) is 5.42. The molecule has 2 heterocycles. The van der Waals surface area contributed by atoms with E-state index < -0.39 is 0 Å². The van der Waals surface area contributed by atoms with Gasteiger partial charge in [0.1, 0.15) is 29.2 Å². The van der Waals surface area contributed by atoms with Crippen molar-refractivity contribution in [1.29, 1.82) is 0 Å². The Hall–Kier alpha value is -3.68. The van der Waals surface area contributed by atoms with Crippen molar-refractivity contribution in [3.63, 3.8) is 0 Å². The second kappa shape index (κ2) is 13.1. The van der Waals surface area contributed by atoms with Gasteiger partial charge in [-0.15, -0.1) is 0 Å². The number of nitrogens with zero attached hydrogens (tertiary/aromatic N) is 2. The molecule has 0 saturated carbocycles. The number of hydrogen-bond donors (Lipinski definition) is 0.